The van der Waals surface area contributed by atoms with Crippen LogP contribution in [0.5, 0.6) is 5.75 Å². The number of alkyl carbamates (subject to hydrolysis) is 1. The van der Waals surface area contributed by atoms with E-state index in [1.54, 1.807) is 0 Å². The first kappa shape index (κ1) is 18.4. The normalized spacial score (nSPS) is 17.0. The van der Waals surface area contributed by atoms with Crippen LogP contribution >= 0.6 is 0 Å². The van der Waals surface area contributed by atoms with Crippen LogP contribution in [-0.2, 0) is 4.74 Å². The van der Waals surface area contributed by atoms with E-state index >= 15 is 0 Å². The van der Waals surface area contributed by atoms with Crippen molar-refractivity contribution in [3.8, 4) is 17.2 Å². The number of carbonyl (C=O) groups is 1. The molecule has 1 unspecified atom stereocenters. The Balaban J connectivity index is 2.16. The van der Waals surface area contributed by atoms with Crippen LogP contribution in [0, 0.1) is 11.5 Å². The molecule has 1 aliphatic rings. The van der Waals surface area contributed by atoms with Crippen LogP contribution < -0.4 is 10.1 Å². The molecule has 0 bridgehead atoms. The molecular weight excluding hydrogens is 318 g/mol. The van der Waals surface area contributed by atoms with Gasteiger partial charge in [0.25, 0.3) is 0 Å². The number of hydrogen-bond donors (Lipinski definition) is 1. The third-order valence-electron chi connectivity index (χ3n) is 3.33. The van der Waals surface area contributed by atoms with Crippen molar-refractivity contribution in [1.29, 1.82) is 0 Å². The lowest BCUT2D eigenvalue weighted by atomic mass is 9.99. The molecule has 0 radical (unpaired) electrons. The third-order valence-corrected chi connectivity index (χ3v) is 4.20. The minimum absolute atomic E-state index is 0.0948. The molecule has 1 atom stereocenters. The maximum atomic E-state index is 12.0. The summed E-state index contributed by atoms with van der Waals surface area (Å²) in [6.45, 7) is 12.8. The van der Waals surface area contributed by atoms with Crippen molar-refractivity contribution in [1.82, 2.24) is 5.32 Å². The molecule has 130 valence electrons. The second kappa shape index (κ2) is 6.90. The Kier molecular flexibility index (Phi) is 5.29. The van der Waals surface area contributed by atoms with Crippen LogP contribution in [0.1, 0.15) is 44.4 Å². The molecule has 2 rings (SSSR count). The summed E-state index contributed by atoms with van der Waals surface area (Å²) in [4.78, 5) is 12.0. The number of carbonyl (C=O) groups excluding carboxylic acids is 1. The van der Waals surface area contributed by atoms with Crippen molar-refractivity contribution in [2.45, 2.75) is 58.5 Å². The average Bonchev–Trinajstić information content (AvgIpc) is 2.42. The van der Waals surface area contributed by atoms with E-state index in [1.165, 1.54) is 0 Å². The topological polar surface area (TPSA) is 47.6 Å². The van der Waals surface area contributed by atoms with Crippen LogP contribution in [0.2, 0.25) is 19.6 Å². The second-order valence-corrected chi connectivity index (χ2v) is 12.8. The lowest BCUT2D eigenvalue weighted by Crippen LogP contribution is -2.36. The maximum absolute atomic E-state index is 12.0. The summed E-state index contributed by atoms with van der Waals surface area (Å²) in [7, 11) is -1.41. The highest BCUT2D eigenvalue weighted by atomic mass is 28.3. The van der Waals surface area contributed by atoms with Crippen molar-refractivity contribution < 1.29 is 14.3 Å². The summed E-state index contributed by atoms with van der Waals surface area (Å²) < 4.78 is 11.1. The fourth-order valence-corrected chi connectivity index (χ4v) is 2.85. The molecule has 5 heteroatoms. The van der Waals surface area contributed by atoms with Gasteiger partial charge in [-0.15, -0.1) is 5.54 Å². The zero-order valence-corrected chi connectivity index (χ0v) is 16.4. The molecule has 1 amide bonds. The highest BCUT2D eigenvalue weighted by Gasteiger charge is 2.25. The van der Waals surface area contributed by atoms with Crippen molar-refractivity contribution >= 4 is 14.2 Å². The fourth-order valence-electron chi connectivity index (χ4n) is 2.33. The molecule has 1 aliphatic heterocycles. The zero-order valence-electron chi connectivity index (χ0n) is 15.4. The molecule has 0 aromatic heterocycles. The van der Waals surface area contributed by atoms with Crippen LogP contribution in [0.4, 0.5) is 4.79 Å². The Morgan fingerprint density at radius 3 is 2.67 bits per heavy atom. The highest BCUT2D eigenvalue weighted by Crippen LogP contribution is 2.33. The number of ether oxygens (including phenoxy) is 2. The summed E-state index contributed by atoms with van der Waals surface area (Å²) in [5.74, 6) is 4.04. The van der Waals surface area contributed by atoms with Crippen LogP contribution in [-0.4, -0.2) is 26.4 Å². The Bertz CT molecular complexity index is 675. The van der Waals surface area contributed by atoms with Gasteiger partial charge in [0.05, 0.1) is 12.6 Å². The Morgan fingerprint density at radius 2 is 2.04 bits per heavy atom. The standard InChI is InChI=1S/C19H27NO3Si/c1-19(2,3)23-18(21)20-16-9-11-22-17-13-14(7-8-15(16)17)10-12-24(4,5)6/h7-8,13,16H,9,11H2,1-6H3,(H,20,21). The van der Waals surface area contributed by atoms with Gasteiger partial charge in [0.15, 0.2) is 0 Å². The lowest BCUT2D eigenvalue weighted by Gasteiger charge is -2.28. The number of hydrogen-bond acceptors (Lipinski definition) is 3. The molecule has 1 aromatic carbocycles. The van der Waals surface area contributed by atoms with Crippen molar-refractivity contribution in [3.63, 3.8) is 0 Å². The first-order valence-corrected chi connectivity index (χ1v) is 11.8. The Labute approximate surface area is 145 Å². The molecule has 1 N–H and O–H groups in total. The third kappa shape index (κ3) is 5.61. The summed E-state index contributed by atoms with van der Waals surface area (Å²) in [6, 6.07) is 5.85. The quantitative estimate of drug-likeness (QED) is 0.611. The van der Waals surface area contributed by atoms with E-state index in [-0.39, 0.29) is 6.04 Å². The zero-order chi connectivity index (χ0) is 18.0. The van der Waals surface area contributed by atoms with E-state index in [4.69, 9.17) is 9.47 Å². The van der Waals surface area contributed by atoms with Crippen molar-refractivity contribution in [2.75, 3.05) is 6.61 Å². The van der Waals surface area contributed by atoms with Crippen molar-refractivity contribution in [2.24, 2.45) is 0 Å². The molecule has 0 saturated heterocycles. The molecule has 0 spiro atoms. The smallest absolute Gasteiger partial charge is 0.408 e. The number of rotatable bonds is 1. The molecule has 24 heavy (non-hydrogen) atoms. The average molecular weight is 346 g/mol. The van der Waals surface area contributed by atoms with Gasteiger partial charge in [-0.25, -0.2) is 4.79 Å². The van der Waals surface area contributed by atoms with Gasteiger partial charge in [0.1, 0.15) is 19.4 Å². The van der Waals surface area contributed by atoms with Gasteiger partial charge in [-0.3, -0.25) is 0 Å². The number of benzene rings is 1. The minimum Gasteiger partial charge on any atom is -0.493 e. The molecule has 0 saturated carbocycles. The van der Waals surface area contributed by atoms with E-state index in [0.717, 1.165) is 23.3 Å². The van der Waals surface area contributed by atoms with Gasteiger partial charge in [-0.05, 0) is 32.9 Å². The van der Waals surface area contributed by atoms with Gasteiger partial charge in [-0.2, -0.15) is 0 Å². The first-order valence-electron chi connectivity index (χ1n) is 8.33. The summed E-state index contributed by atoms with van der Waals surface area (Å²) >= 11 is 0. The molecule has 1 aromatic rings. The molecule has 1 heterocycles. The predicted molar refractivity (Wildman–Crippen MR) is 98.9 cm³/mol. The van der Waals surface area contributed by atoms with E-state index in [2.05, 4.69) is 36.4 Å². The monoisotopic (exact) mass is 345 g/mol. The van der Waals surface area contributed by atoms with E-state index in [1.807, 2.05) is 39.0 Å². The predicted octanol–water partition coefficient (Wildman–Crippen LogP) is 4.26. The van der Waals surface area contributed by atoms with Crippen molar-refractivity contribution in [3.05, 3.63) is 29.3 Å². The van der Waals surface area contributed by atoms with E-state index < -0.39 is 19.8 Å². The molecular formula is C19H27NO3Si. The van der Waals surface area contributed by atoms with Gasteiger partial charge in [-0.1, -0.05) is 31.6 Å². The molecule has 0 aliphatic carbocycles. The van der Waals surface area contributed by atoms with E-state index in [9.17, 15) is 4.79 Å². The lowest BCUT2D eigenvalue weighted by molar-refractivity contribution is 0.0491. The Hall–Kier alpha value is -1.93. The minimum atomic E-state index is -1.41. The summed E-state index contributed by atoms with van der Waals surface area (Å²) in [5.41, 5.74) is 4.78. The Morgan fingerprint density at radius 1 is 1.33 bits per heavy atom. The number of fused-ring (bicyclic) bond motifs is 1. The number of nitrogens with one attached hydrogen (secondary N) is 1. The summed E-state index contributed by atoms with van der Waals surface area (Å²) in [6.07, 6.45) is 0.328. The van der Waals surface area contributed by atoms with Crippen LogP contribution in [0.3, 0.4) is 0 Å². The second-order valence-electron chi connectivity index (χ2n) is 8.09. The van der Waals surface area contributed by atoms with Gasteiger partial charge >= 0.3 is 6.09 Å². The maximum Gasteiger partial charge on any atom is 0.408 e. The molecule has 4 nitrogen and oxygen atoms in total. The van der Waals surface area contributed by atoms with E-state index in [0.29, 0.717) is 6.61 Å². The highest BCUT2D eigenvalue weighted by molar-refractivity contribution is 6.83. The molecule has 0 fully saturated rings. The number of amides is 1. The van der Waals surface area contributed by atoms with Crippen LogP contribution in [0.15, 0.2) is 18.2 Å². The first-order chi connectivity index (χ1) is 11.0. The van der Waals surface area contributed by atoms with Gasteiger partial charge < -0.3 is 14.8 Å². The van der Waals surface area contributed by atoms with Gasteiger partial charge in [0.2, 0.25) is 0 Å². The van der Waals surface area contributed by atoms with Gasteiger partial charge in [0, 0.05) is 17.5 Å². The largest absolute Gasteiger partial charge is 0.493 e. The fraction of sp³-hybridized carbons (Fsp3) is 0.526. The van der Waals surface area contributed by atoms with Crippen LogP contribution in [0.25, 0.3) is 0 Å². The summed E-state index contributed by atoms with van der Waals surface area (Å²) in [5, 5.41) is 2.94. The SMILES string of the molecule is CC(C)(C)OC(=O)NC1CCOc2cc(C#C[Si](C)(C)C)ccc21.